The summed E-state index contributed by atoms with van der Waals surface area (Å²) in [5.41, 5.74) is 38.2. The van der Waals surface area contributed by atoms with Gasteiger partial charge in [-0.15, -0.1) is 45.3 Å². The lowest BCUT2D eigenvalue weighted by atomic mass is 9.96. The molecule has 0 spiro atoms. The standard InChI is InChI=1S/C37H26S.3C31H22S/c1-25-9-5-13-30(23-25)32-15-7-17-34-35-18-8-16-33(37(35)38-36(32)34)31-14-6-12-29(24-31)28-21-19-27(20-22-28)26-10-3-2-4-11-26;1-21-8-5-14-28-29-15-7-13-27(31(29)32-30(21)28)26-12-6-11-25(20-26)24-18-16-23(17-19-24)22-9-3-2-4-10-22;1-21-8-5-11-25(20-21)27-13-7-15-29-28-14-6-12-26(30(28)32-31(27)29)24-18-16-23(17-19-24)22-9-3-2-4-10-22;1-21-13-15-24(16-14-21)26-9-5-11-28-29-12-6-10-27(31(29)32-30(26)28)25-19-17-23(18-20-25)22-7-3-2-4-8-22/h2-24H,1H3;3*2-20H,1H3. The van der Waals surface area contributed by atoms with Crippen LogP contribution in [-0.2, 0) is 0 Å². The maximum absolute atomic E-state index is 2.33. The zero-order valence-corrected chi connectivity index (χ0v) is 78.1. The molecule has 0 saturated carbocycles. The fraction of sp³-hybridized carbons (Fsp3) is 0.0308. The van der Waals surface area contributed by atoms with E-state index in [-0.39, 0.29) is 0 Å². The van der Waals surface area contributed by atoms with Gasteiger partial charge in [-0.2, -0.15) is 0 Å². The maximum atomic E-state index is 2.33. The largest absolute Gasteiger partial charge is 0.134 e. The normalized spacial score (nSPS) is 11.3. The molecule has 4 aromatic heterocycles. The van der Waals surface area contributed by atoms with Crippen molar-refractivity contribution in [3.63, 3.8) is 0 Å². The van der Waals surface area contributed by atoms with E-state index in [2.05, 4.69) is 513 Å². The number of hydrogen-bond donors (Lipinski definition) is 0. The van der Waals surface area contributed by atoms with Crippen molar-refractivity contribution >= 4 is 126 Å². The molecule has 25 aromatic rings. The van der Waals surface area contributed by atoms with E-state index in [9.17, 15) is 0 Å². The van der Waals surface area contributed by atoms with Crippen molar-refractivity contribution in [1.82, 2.24) is 0 Å². The molecule has 4 heterocycles. The Hall–Kier alpha value is -15.5. The van der Waals surface area contributed by atoms with E-state index in [0.717, 1.165) is 0 Å². The summed E-state index contributed by atoms with van der Waals surface area (Å²) in [5, 5.41) is 10.7. The van der Waals surface area contributed by atoms with Crippen LogP contribution in [0.25, 0.3) is 225 Å². The third kappa shape index (κ3) is 17.0. The van der Waals surface area contributed by atoms with Crippen molar-refractivity contribution < 1.29 is 0 Å². The summed E-state index contributed by atoms with van der Waals surface area (Å²) >= 11 is 7.64. The monoisotopic (exact) mass is 1780 g/mol. The van der Waals surface area contributed by atoms with Crippen LogP contribution >= 0.6 is 45.3 Å². The quantitative estimate of drug-likeness (QED) is 0.108. The van der Waals surface area contributed by atoms with Gasteiger partial charge in [-0.25, -0.2) is 0 Å². The molecular formula is C130H92S4. The van der Waals surface area contributed by atoms with E-state index < -0.39 is 0 Å². The third-order valence-electron chi connectivity index (χ3n) is 25.9. The lowest BCUT2D eigenvalue weighted by Crippen LogP contribution is -1.83. The van der Waals surface area contributed by atoms with E-state index in [1.165, 1.54) is 248 Å². The average molecular weight is 1780 g/mol. The zero-order valence-electron chi connectivity index (χ0n) is 74.8. The highest BCUT2D eigenvalue weighted by molar-refractivity contribution is 7.28. The molecule has 0 nitrogen and oxygen atoms in total. The van der Waals surface area contributed by atoms with Gasteiger partial charge in [-0.1, -0.05) is 490 Å². The molecule has 0 fully saturated rings. The van der Waals surface area contributed by atoms with Gasteiger partial charge in [0.15, 0.2) is 0 Å². The second-order valence-electron chi connectivity index (χ2n) is 34.7. The Morgan fingerprint density at radius 3 is 0.560 bits per heavy atom. The van der Waals surface area contributed by atoms with E-state index in [1.807, 2.05) is 45.3 Å². The van der Waals surface area contributed by atoms with Crippen molar-refractivity contribution in [2.75, 3.05) is 0 Å². The van der Waals surface area contributed by atoms with Crippen LogP contribution in [0.3, 0.4) is 0 Å². The van der Waals surface area contributed by atoms with Crippen LogP contribution in [0.1, 0.15) is 22.3 Å². The first-order valence-corrected chi connectivity index (χ1v) is 49.1. The minimum atomic E-state index is 1.23. The summed E-state index contributed by atoms with van der Waals surface area (Å²) in [6.07, 6.45) is 0. The molecule has 4 heteroatoms. The first kappa shape index (κ1) is 84.1. The van der Waals surface area contributed by atoms with Crippen molar-refractivity contribution in [3.05, 3.63) is 508 Å². The van der Waals surface area contributed by atoms with Gasteiger partial charge in [-0.05, 0) is 190 Å². The minimum Gasteiger partial charge on any atom is -0.134 e. The molecule has 0 radical (unpaired) electrons. The highest BCUT2D eigenvalue weighted by atomic mass is 32.1. The maximum Gasteiger partial charge on any atom is 0.0434 e. The lowest BCUT2D eigenvalue weighted by molar-refractivity contribution is 1.47. The molecule has 0 unspecified atom stereocenters. The Kier molecular flexibility index (Phi) is 23.5. The molecule has 134 heavy (non-hydrogen) atoms. The molecule has 0 aliphatic rings. The average Bonchev–Trinajstić information content (AvgIpc) is 1.91. The topological polar surface area (TPSA) is 0 Å². The van der Waals surface area contributed by atoms with E-state index in [4.69, 9.17) is 0 Å². The van der Waals surface area contributed by atoms with Crippen molar-refractivity contribution in [2.45, 2.75) is 27.7 Å². The second-order valence-corrected chi connectivity index (χ2v) is 38.8. The second kappa shape index (κ2) is 37.4. The molecule has 0 N–H and O–H groups in total. The van der Waals surface area contributed by atoms with E-state index >= 15 is 0 Å². The van der Waals surface area contributed by atoms with Gasteiger partial charge in [0.25, 0.3) is 0 Å². The predicted molar refractivity (Wildman–Crippen MR) is 587 cm³/mol. The molecule has 21 aromatic carbocycles. The molecule has 0 saturated heterocycles. The minimum absolute atomic E-state index is 1.23. The molecule has 0 aliphatic heterocycles. The Bertz CT molecular complexity index is 8570. The number of rotatable bonds is 13. The smallest absolute Gasteiger partial charge is 0.0434 e. The molecule has 25 rings (SSSR count). The highest BCUT2D eigenvalue weighted by Crippen LogP contribution is 2.50. The summed E-state index contributed by atoms with van der Waals surface area (Å²) in [4.78, 5) is 0. The predicted octanol–water partition coefficient (Wildman–Crippen LogP) is 39.1. The lowest BCUT2D eigenvalue weighted by Gasteiger charge is -2.08. The fourth-order valence-electron chi connectivity index (χ4n) is 19.0. The number of hydrogen-bond acceptors (Lipinski definition) is 4. The number of aryl methyl sites for hydroxylation is 4. The van der Waals surface area contributed by atoms with Crippen LogP contribution in [0.5, 0.6) is 0 Å². The van der Waals surface area contributed by atoms with Gasteiger partial charge in [0.1, 0.15) is 0 Å². The van der Waals surface area contributed by atoms with Gasteiger partial charge in [-0.3, -0.25) is 0 Å². The van der Waals surface area contributed by atoms with Crippen molar-refractivity contribution in [3.8, 4) is 145 Å². The Labute approximate surface area is 799 Å². The number of benzene rings is 21. The molecule has 0 bridgehead atoms. The van der Waals surface area contributed by atoms with Gasteiger partial charge in [0.2, 0.25) is 0 Å². The third-order valence-corrected chi connectivity index (χ3v) is 31.2. The van der Waals surface area contributed by atoms with Crippen molar-refractivity contribution in [1.29, 1.82) is 0 Å². The molecule has 636 valence electrons. The SMILES string of the molecule is Cc1ccc(-c2cccc3c2sc2c(-c4ccc(-c5ccccc5)cc4)cccc23)cc1.Cc1cccc(-c2cccc3c2sc2c(-c4ccc(-c5ccccc5)cc4)cccc23)c1.Cc1cccc(-c2cccc3c2sc2c(-c4cccc(-c5ccc(-c6ccccc6)cc5)c4)cccc23)c1.Cc1cccc2c1sc1c(-c3cccc(-c4ccc(-c5ccccc5)cc4)c3)cccc12. The van der Waals surface area contributed by atoms with Crippen LogP contribution in [0, 0.1) is 27.7 Å². The van der Waals surface area contributed by atoms with Crippen LogP contribution in [0.4, 0.5) is 0 Å². The fourth-order valence-corrected chi connectivity index (χ4v) is 24.4. The summed E-state index contributed by atoms with van der Waals surface area (Å²) in [7, 11) is 0. The van der Waals surface area contributed by atoms with Crippen LogP contribution in [0.2, 0.25) is 0 Å². The summed E-state index contributed by atoms with van der Waals surface area (Å²) < 4.78 is 10.9. The zero-order chi connectivity index (χ0) is 90.0. The number of fused-ring (bicyclic) bond motifs is 12. The summed E-state index contributed by atoms with van der Waals surface area (Å²) in [5.74, 6) is 0. The molecular weight excluding hydrogens is 1690 g/mol. The first-order chi connectivity index (χ1) is 66.1. The van der Waals surface area contributed by atoms with Gasteiger partial charge in [0.05, 0.1) is 0 Å². The van der Waals surface area contributed by atoms with Gasteiger partial charge in [0, 0.05) is 80.7 Å². The number of thiophene rings is 4. The summed E-state index contributed by atoms with van der Waals surface area (Å²) in [6, 6.07) is 176. The highest BCUT2D eigenvalue weighted by Gasteiger charge is 2.21. The Balaban J connectivity index is 0.000000104. The van der Waals surface area contributed by atoms with Crippen LogP contribution in [-0.4, -0.2) is 0 Å². The molecule has 0 aliphatic carbocycles. The molecule has 0 atom stereocenters. The Morgan fingerprint density at radius 1 is 0.112 bits per heavy atom. The summed E-state index contributed by atoms with van der Waals surface area (Å²) in [6.45, 7) is 8.66. The van der Waals surface area contributed by atoms with E-state index in [0.29, 0.717) is 0 Å². The van der Waals surface area contributed by atoms with Crippen LogP contribution in [0.15, 0.2) is 485 Å². The first-order valence-electron chi connectivity index (χ1n) is 45.9. The molecule has 0 amide bonds. The van der Waals surface area contributed by atoms with Gasteiger partial charge < -0.3 is 0 Å². The van der Waals surface area contributed by atoms with Crippen molar-refractivity contribution in [2.24, 2.45) is 0 Å². The van der Waals surface area contributed by atoms with E-state index in [1.54, 1.807) is 0 Å². The Morgan fingerprint density at radius 2 is 0.291 bits per heavy atom. The van der Waals surface area contributed by atoms with Gasteiger partial charge >= 0.3 is 0 Å². The van der Waals surface area contributed by atoms with Crippen LogP contribution < -0.4 is 0 Å².